The average Bonchev–Trinajstić information content (AvgIpc) is 1.66. The fourth-order valence-electron chi connectivity index (χ4n) is 15.6. The molecule has 568 valence electrons. The summed E-state index contributed by atoms with van der Waals surface area (Å²) in [5, 5.41) is 25.1. The van der Waals surface area contributed by atoms with E-state index in [1.54, 1.807) is 15.1 Å². The summed E-state index contributed by atoms with van der Waals surface area (Å²) in [6, 6.07) is 36.7. The third kappa shape index (κ3) is 15.3. The van der Waals surface area contributed by atoms with E-state index in [1.807, 2.05) is 144 Å². The van der Waals surface area contributed by atoms with E-state index in [-0.39, 0.29) is 22.2 Å². The Kier molecular flexibility index (Phi) is 20.0. The second-order valence-electron chi connectivity index (χ2n) is 29.5. The van der Waals surface area contributed by atoms with Crippen LogP contribution in [0, 0.1) is 34.6 Å². The van der Waals surface area contributed by atoms with Gasteiger partial charge in [0.25, 0.3) is 22.2 Å². The molecular formula is C83H84N22O7. The molecule has 0 unspecified atom stereocenters. The first-order valence-corrected chi connectivity index (χ1v) is 38.3. The minimum absolute atomic E-state index is 0.124. The van der Waals surface area contributed by atoms with E-state index in [9.17, 15) is 19.2 Å². The third-order valence-corrected chi connectivity index (χ3v) is 21.7. The molecule has 0 radical (unpaired) electrons. The van der Waals surface area contributed by atoms with Crippen molar-refractivity contribution in [3.8, 4) is 45.2 Å². The van der Waals surface area contributed by atoms with Gasteiger partial charge in [-0.1, -0.05) is 25.1 Å². The van der Waals surface area contributed by atoms with Crippen molar-refractivity contribution < 1.29 is 13.3 Å². The van der Waals surface area contributed by atoms with E-state index in [0.717, 1.165) is 183 Å². The Hall–Kier alpha value is -12.3. The van der Waals surface area contributed by atoms with Crippen LogP contribution < -0.4 is 32.9 Å². The molecule has 0 spiro atoms. The Bertz CT molecular complexity index is 6500. The van der Waals surface area contributed by atoms with E-state index in [2.05, 4.69) is 99.7 Å². The van der Waals surface area contributed by atoms with E-state index >= 15 is 0 Å². The van der Waals surface area contributed by atoms with Crippen LogP contribution in [0.5, 0.6) is 0 Å². The molecular weight excluding hydrogens is 1420 g/mol. The molecule has 112 heavy (non-hydrogen) atoms. The summed E-state index contributed by atoms with van der Waals surface area (Å²) >= 11 is 0. The Morgan fingerprint density at radius 2 is 0.812 bits per heavy atom. The van der Waals surface area contributed by atoms with Crippen molar-refractivity contribution >= 4 is 61.4 Å². The van der Waals surface area contributed by atoms with Gasteiger partial charge in [0.2, 0.25) is 0 Å². The van der Waals surface area contributed by atoms with Crippen molar-refractivity contribution in [2.24, 2.45) is 0 Å². The molecule has 13 aromatic heterocycles. The lowest BCUT2D eigenvalue weighted by molar-refractivity contribution is 0.220. The van der Waals surface area contributed by atoms with Gasteiger partial charge in [-0.25, -0.2) is 39.4 Å². The predicted octanol–water partition coefficient (Wildman–Crippen LogP) is 11.0. The zero-order valence-electron chi connectivity index (χ0n) is 63.4. The first-order chi connectivity index (χ1) is 54.4. The van der Waals surface area contributed by atoms with Crippen LogP contribution in [0.15, 0.2) is 172 Å². The lowest BCUT2D eigenvalue weighted by Crippen LogP contribution is -2.33. The summed E-state index contributed by atoms with van der Waals surface area (Å²) in [6.45, 7) is 20.8. The molecule has 0 amide bonds. The van der Waals surface area contributed by atoms with E-state index in [4.69, 9.17) is 13.3 Å². The van der Waals surface area contributed by atoms with Gasteiger partial charge in [0.1, 0.15) is 22.2 Å². The van der Waals surface area contributed by atoms with Gasteiger partial charge >= 0.3 is 0 Å². The lowest BCUT2D eigenvalue weighted by atomic mass is 9.93. The third-order valence-electron chi connectivity index (χ3n) is 21.7. The summed E-state index contributed by atoms with van der Waals surface area (Å²) < 4.78 is 24.4. The van der Waals surface area contributed by atoms with Crippen LogP contribution in [0.3, 0.4) is 0 Å². The highest BCUT2D eigenvalue weighted by Gasteiger charge is 2.26. The first kappa shape index (κ1) is 72.5. The second-order valence-corrected chi connectivity index (χ2v) is 29.5. The van der Waals surface area contributed by atoms with Crippen LogP contribution in [0.25, 0.3) is 107 Å². The topological polar surface area (TPSA) is 328 Å². The van der Waals surface area contributed by atoms with Crippen molar-refractivity contribution in [2.45, 2.75) is 117 Å². The van der Waals surface area contributed by atoms with Crippen LogP contribution in [-0.4, -0.2) is 163 Å². The number of hydrogen-bond donors (Lipinski definition) is 2. The number of aryl methyl sites for hydroxylation is 5. The number of hydrogen-bond acceptors (Lipinski definition) is 24. The highest BCUT2D eigenvalue weighted by atomic mass is 16.4. The summed E-state index contributed by atoms with van der Waals surface area (Å²) in [6.07, 6.45) is 13.8. The van der Waals surface area contributed by atoms with Gasteiger partial charge < -0.3 is 33.7 Å². The van der Waals surface area contributed by atoms with E-state index in [1.165, 1.54) is 37.8 Å². The number of nitrogens with zero attached hydrogens (tertiary/aromatic N) is 20. The fourth-order valence-corrected chi connectivity index (χ4v) is 15.6. The van der Waals surface area contributed by atoms with Gasteiger partial charge in [-0.2, -0.15) is 33.9 Å². The number of fused-ring (bicyclic) bond motifs is 8. The molecule has 17 heterocycles. The molecule has 0 bridgehead atoms. The fraction of sp³-hybridized carbons (Fsp3) is 0.337. The molecule has 16 aromatic rings. The minimum Gasteiger partial charge on any atom is -0.441 e. The summed E-state index contributed by atoms with van der Waals surface area (Å²) in [5.74, 6) is 3.40. The number of likely N-dealkylation sites (tertiary alicyclic amines) is 2. The van der Waals surface area contributed by atoms with Crippen LogP contribution in [0.4, 0.5) is 0 Å². The highest BCUT2D eigenvalue weighted by Crippen LogP contribution is 2.32. The van der Waals surface area contributed by atoms with Crippen molar-refractivity contribution in [3.05, 3.63) is 233 Å². The average molecular weight is 1500 g/mol. The van der Waals surface area contributed by atoms with Gasteiger partial charge in [-0.3, -0.25) is 33.5 Å². The monoisotopic (exact) mass is 1500 g/mol. The zero-order chi connectivity index (χ0) is 76.8. The number of aromatic nitrogens is 18. The predicted molar refractivity (Wildman–Crippen MR) is 425 cm³/mol. The maximum Gasteiger partial charge on any atom is 0.275 e. The molecule has 0 saturated carbocycles. The molecule has 3 aromatic carbocycles. The van der Waals surface area contributed by atoms with Gasteiger partial charge in [-0.15, -0.1) is 0 Å². The SMILES string of the molecule is CCN1CCC(c2ccc3nc(-c4ccc5nc(C)oc5c4)cc(=O)n3n2)CC1.Cc1cn2nc(-c3cc(=O)n4cc(C5CCNCC5)ncc4n3)cc2c(C)n1.Cc1nc2ccc(-c3cc(=O)n4nc(C5CCN(C)CC5)ccc4n3)cc2o1.Cc1nc2ccc(-c3cc(=O)n4nc(C5CCNCC5)ccc4n3)cc2o1. The number of rotatable bonds is 9. The Morgan fingerprint density at radius 1 is 0.402 bits per heavy atom. The van der Waals surface area contributed by atoms with Crippen molar-refractivity contribution in [2.75, 3.05) is 66.0 Å². The van der Waals surface area contributed by atoms with E-state index < -0.39 is 0 Å². The number of benzene rings is 3. The number of nitrogens with one attached hydrogen (secondary N) is 2. The standard InChI is InChI=1S/C22H23N5O2.C21H21N5O2.C20H21N7O.C20H19N5O2/c1-3-26-10-8-15(9-11-26)17-6-7-21-24-19(13-22(28)27(21)25-17)16-4-5-18-20(12-16)29-14(2)23-18;1-13-22-17-4-3-15(11-19(17)28-13)18-12-21(27)26-20(23-18)6-5-16(24-26)14-7-9-25(2)10-8-14;1-12-10-27-18(13(2)23-12)7-16(25-27)15-8-20(28)26-11-17(22-9-19(26)24-15)14-3-5-21-6-4-14;1-12-22-16-3-2-14(10-18(16)27-12)17-11-20(26)25-19(23-17)5-4-15(24-25)13-6-8-21-9-7-13/h4-7,12-13,15H,3,8-11H2,1-2H3;3-6,11-12,14H,7-10H2,1-2H3;7-11,14,21H,3-6H2,1-2H3;2-5,10-11,13,21H,6-9H2,1H3. The molecule has 4 aliphatic heterocycles. The second kappa shape index (κ2) is 30.9. The van der Waals surface area contributed by atoms with E-state index in [0.29, 0.717) is 109 Å². The molecule has 2 N–H and O–H groups in total. The smallest absolute Gasteiger partial charge is 0.275 e. The van der Waals surface area contributed by atoms with Gasteiger partial charge in [-0.05, 0) is 210 Å². The molecule has 0 atom stereocenters. The zero-order valence-corrected chi connectivity index (χ0v) is 63.4. The van der Waals surface area contributed by atoms with Crippen molar-refractivity contribution in [1.82, 2.24) is 108 Å². The lowest BCUT2D eigenvalue weighted by Gasteiger charge is -2.30. The Morgan fingerprint density at radius 3 is 1.26 bits per heavy atom. The van der Waals surface area contributed by atoms with Gasteiger partial charge in [0.05, 0.1) is 74.8 Å². The van der Waals surface area contributed by atoms with Crippen molar-refractivity contribution in [3.63, 3.8) is 0 Å². The quantitative estimate of drug-likeness (QED) is 0.136. The normalized spacial score (nSPS) is 15.8. The molecule has 4 saturated heterocycles. The maximum absolute atomic E-state index is 12.8. The summed E-state index contributed by atoms with van der Waals surface area (Å²) in [5.41, 5.74) is 18.0. The molecule has 20 rings (SSSR count). The molecule has 29 nitrogen and oxygen atoms in total. The Labute approximate surface area is 640 Å². The van der Waals surface area contributed by atoms with Crippen LogP contribution in [0.1, 0.15) is 134 Å². The minimum atomic E-state index is -0.181. The molecule has 29 heteroatoms. The highest BCUT2D eigenvalue weighted by molar-refractivity contribution is 5.82. The van der Waals surface area contributed by atoms with Crippen molar-refractivity contribution in [1.29, 1.82) is 0 Å². The Balaban J connectivity index is 0.000000108. The number of oxazole rings is 3. The van der Waals surface area contributed by atoms with Gasteiger partial charge in [0.15, 0.2) is 57.0 Å². The molecule has 4 aliphatic rings. The van der Waals surface area contributed by atoms with Crippen LogP contribution >= 0.6 is 0 Å². The molecule has 4 fully saturated rings. The summed E-state index contributed by atoms with van der Waals surface area (Å²) in [7, 11) is 2.14. The van der Waals surface area contributed by atoms with Crippen LogP contribution in [0.2, 0.25) is 0 Å². The van der Waals surface area contributed by atoms with Crippen LogP contribution in [-0.2, 0) is 0 Å². The first-order valence-electron chi connectivity index (χ1n) is 38.3. The van der Waals surface area contributed by atoms with Gasteiger partial charge in [0, 0.05) is 91.6 Å². The number of piperidine rings is 4. The largest absolute Gasteiger partial charge is 0.441 e. The molecule has 0 aliphatic carbocycles. The maximum atomic E-state index is 12.8. The summed E-state index contributed by atoms with van der Waals surface area (Å²) in [4.78, 5) is 96.3.